The van der Waals surface area contributed by atoms with E-state index in [-0.39, 0.29) is 17.6 Å². The number of hydrogen-bond acceptors (Lipinski definition) is 9. The molecule has 0 saturated carbocycles. The van der Waals surface area contributed by atoms with Crippen LogP contribution >= 0.6 is 0 Å². The smallest absolute Gasteiger partial charge is 0.293 e. The van der Waals surface area contributed by atoms with Crippen molar-refractivity contribution in [3.8, 4) is 6.07 Å². The number of aryl methyl sites for hydroxylation is 1. The van der Waals surface area contributed by atoms with Gasteiger partial charge in [-0.1, -0.05) is 27.7 Å². The maximum absolute atomic E-state index is 13.2. The summed E-state index contributed by atoms with van der Waals surface area (Å²) >= 11 is 0. The predicted molar refractivity (Wildman–Crippen MR) is 192 cm³/mol. The molecule has 49 heavy (non-hydrogen) atoms. The van der Waals surface area contributed by atoms with Gasteiger partial charge in [0.2, 0.25) is 11.8 Å². The molecule has 2 unspecified atom stereocenters. The number of unbranched alkanes of at least 4 members (excludes halogenated alkanes) is 1. The van der Waals surface area contributed by atoms with Crippen LogP contribution in [0.15, 0.2) is 53.1 Å². The number of nitrogens with one attached hydrogen (secondary N) is 1. The Bertz CT molecular complexity index is 1840. The van der Waals surface area contributed by atoms with Crippen LogP contribution in [0.25, 0.3) is 21.9 Å². The fourth-order valence-electron chi connectivity index (χ4n) is 6.64. The molecule has 260 valence electrons. The lowest BCUT2D eigenvalue weighted by Crippen LogP contribution is -2.46. The van der Waals surface area contributed by atoms with Crippen molar-refractivity contribution >= 4 is 45.3 Å². The van der Waals surface area contributed by atoms with Gasteiger partial charge in [-0.15, -0.1) is 0 Å². The molecule has 0 spiro atoms. The van der Waals surface area contributed by atoms with Crippen molar-refractivity contribution in [2.45, 2.75) is 71.9 Å². The zero-order valence-electron chi connectivity index (χ0n) is 29.1. The molecule has 5 N–H and O–H groups in total. The third-order valence-corrected chi connectivity index (χ3v) is 9.23. The van der Waals surface area contributed by atoms with Crippen molar-refractivity contribution in [1.29, 1.82) is 5.26 Å². The van der Waals surface area contributed by atoms with E-state index in [0.29, 0.717) is 29.9 Å². The molecule has 1 fully saturated rings. The van der Waals surface area contributed by atoms with Gasteiger partial charge < -0.3 is 20.8 Å². The second-order valence-electron chi connectivity index (χ2n) is 14.1. The first-order chi connectivity index (χ1) is 23.4. The van der Waals surface area contributed by atoms with Gasteiger partial charge in [-0.25, -0.2) is 0 Å². The molecule has 0 radical (unpaired) electrons. The molecule has 0 bridgehead atoms. The number of nitrogens with two attached hydrogens (primary N) is 2. The van der Waals surface area contributed by atoms with Crippen LogP contribution in [0.3, 0.4) is 0 Å². The van der Waals surface area contributed by atoms with Crippen LogP contribution in [0.2, 0.25) is 0 Å². The van der Waals surface area contributed by atoms with Crippen LogP contribution < -0.4 is 21.7 Å². The van der Waals surface area contributed by atoms with E-state index in [1.54, 1.807) is 16.7 Å². The molecule has 0 aliphatic carbocycles. The predicted octanol–water partition coefficient (Wildman–Crippen LogP) is 5.05. The average molecular weight is 668 g/mol. The normalized spacial score (nSPS) is 15.2. The second kappa shape index (κ2) is 15.8. The average Bonchev–Trinajstić information content (AvgIpc) is 3.67. The lowest BCUT2D eigenvalue weighted by atomic mass is 10.0. The molecule has 11 heteroatoms. The minimum atomic E-state index is -0.749. The molecule has 2 aromatic heterocycles. The van der Waals surface area contributed by atoms with Crippen LogP contribution in [0.1, 0.15) is 79.9 Å². The fraction of sp³-hybridized carbons (Fsp3) is 0.474. The monoisotopic (exact) mass is 667 g/mol. The largest absolute Gasteiger partial charge is 0.451 e. The number of amides is 2. The summed E-state index contributed by atoms with van der Waals surface area (Å²) in [6, 6.07) is 13.9. The van der Waals surface area contributed by atoms with Gasteiger partial charge in [-0.05, 0) is 98.5 Å². The SMILES string of the molecule is CC(C)CC(N)C(=O)NC(=O)c1cc2cc(N3CCN(CCCCc4cn(C(=O)C(N)CC(C)C)c5ccc(C#N)cc45)CC3)ccc2o1. The Balaban J connectivity index is 1.13. The van der Waals surface area contributed by atoms with Gasteiger partial charge in [0.05, 0.1) is 29.2 Å². The van der Waals surface area contributed by atoms with Crippen LogP contribution in [0, 0.1) is 23.2 Å². The third-order valence-electron chi connectivity index (χ3n) is 9.23. The molecule has 1 aliphatic rings. The third kappa shape index (κ3) is 8.76. The Hall–Kier alpha value is -4.50. The van der Waals surface area contributed by atoms with Crippen LogP contribution in [-0.2, 0) is 11.2 Å². The zero-order chi connectivity index (χ0) is 35.2. The summed E-state index contributed by atoms with van der Waals surface area (Å²) in [5.74, 6) is -0.565. The molecule has 5 rings (SSSR count). The van der Waals surface area contributed by atoms with Gasteiger partial charge in [0, 0.05) is 48.8 Å². The molecule has 4 aromatic rings. The number of carbonyl (C=O) groups excluding carboxylic acids is 3. The molecule has 1 aliphatic heterocycles. The van der Waals surface area contributed by atoms with E-state index in [0.717, 1.165) is 79.5 Å². The van der Waals surface area contributed by atoms with E-state index in [1.165, 1.54) is 0 Å². The maximum atomic E-state index is 13.2. The maximum Gasteiger partial charge on any atom is 0.293 e. The number of carbonyl (C=O) groups is 3. The van der Waals surface area contributed by atoms with Crippen LogP contribution in [0.4, 0.5) is 5.69 Å². The number of hydrogen-bond donors (Lipinski definition) is 3. The van der Waals surface area contributed by atoms with Crippen molar-refractivity contribution in [2.75, 3.05) is 37.6 Å². The topological polar surface area (TPSA) is 164 Å². The van der Waals surface area contributed by atoms with Gasteiger partial charge in [-0.2, -0.15) is 5.26 Å². The Labute approximate surface area is 288 Å². The number of piperazine rings is 1. The van der Waals surface area contributed by atoms with Gasteiger partial charge in [-0.3, -0.25) is 29.2 Å². The van der Waals surface area contributed by atoms with Crippen molar-refractivity contribution < 1.29 is 18.8 Å². The molecular weight excluding hydrogens is 618 g/mol. The van der Waals surface area contributed by atoms with Crippen molar-refractivity contribution in [1.82, 2.24) is 14.8 Å². The van der Waals surface area contributed by atoms with E-state index in [1.807, 2.05) is 50.4 Å². The van der Waals surface area contributed by atoms with Crippen LogP contribution in [0.5, 0.6) is 0 Å². The van der Waals surface area contributed by atoms with E-state index >= 15 is 0 Å². The van der Waals surface area contributed by atoms with Crippen molar-refractivity contribution in [3.05, 3.63) is 65.5 Å². The number of fused-ring (bicyclic) bond motifs is 2. The first kappa shape index (κ1) is 35.8. The number of benzene rings is 2. The number of anilines is 1. The quantitative estimate of drug-likeness (QED) is 0.166. The number of nitrogens with zero attached hydrogens (tertiary/aromatic N) is 4. The van der Waals surface area contributed by atoms with E-state index < -0.39 is 23.9 Å². The summed E-state index contributed by atoms with van der Waals surface area (Å²) in [4.78, 5) is 43.0. The molecule has 2 aromatic carbocycles. The first-order valence-electron chi connectivity index (χ1n) is 17.4. The number of nitriles is 1. The second-order valence-corrected chi connectivity index (χ2v) is 14.1. The van der Waals surface area contributed by atoms with Crippen molar-refractivity contribution in [2.24, 2.45) is 23.3 Å². The molecule has 3 heterocycles. The first-order valence-corrected chi connectivity index (χ1v) is 17.4. The summed E-state index contributed by atoms with van der Waals surface area (Å²) in [7, 11) is 0. The Morgan fingerprint density at radius 3 is 2.33 bits per heavy atom. The Morgan fingerprint density at radius 1 is 0.918 bits per heavy atom. The molecule has 2 atom stereocenters. The highest BCUT2D eigenvalue weighted by molar-refractivity contribution is 6.06. The van der Waals surface area contributed by atoms with Gasteiger partial charge in [0.25, 0.3) is 5.91 Å². The van der Waals surface area contributed by atoms with E-state index in [4.69, 9.17) is 15.9 Å². The number of rotatable bonds is 13. The highest BCUT2D eigenvalue weighted by Gasteiger charge is 2.23. The molecule has 1 saturated heterocycles. The Kier molecular flexibility index (Phi) is 11.5. The van der Waals surface area contributed by atoms with E-state index in [9.17, 15) is 19.6 Å². The lowest BCUT2D eigenvalue weighted by Gasteiger charge is -2.36. The van der Waals surface area contributed by atoms with Crippen molar-refractivity contribution in [3.63, 3.8) is 0 Å². The van der Waals surface area contributed by atoms with E-state index in [2.05, 4.69) is 35.0 Å². The van der Waals surface area contributed by atoms with Crippen LogP contribution in [-0.4, -0.2) is 72.0 Å². The summed E-state index contributed by atoms with van der Waals surface area (Å²) < 4.78 is 7.42. The number of furan rings is 1. The molecule has 2 amide bonds. The highest BCUT2D eigenvalue weighted by Crippen LogP contribution is 2.28. The van der Waals surface area contributed by atoms with Gasteiger partial charge >= 0.3 is 0 Å². The minimum Gasteiger partial charge on any atom is -0.451 e. The molecular formula is C38H49N7O4. The number of aromatic nitrogens is 1. The van der Waals surface area contributed by atoms with Gasteiger partial charge in [0.15, 0.2) is 5.76 Å². The minimum absolute atomic E-state index is 0.0819. The lowest BCUT2D eigenvalue weighted by molar-refractivity contribution is -0.121. The molecule has 11 nitrogen and oxygen atoms in total. The summed E-state index contributed by atoms with van der Waals surface area (Å²) in [6.45, 7) is 12.7. The Morgan fingerprint density at radius 2 is 1.63 bits per heavy atom. The standard InChI is InChI=1S/C38H49N7O4/c1-24(2)17-31(40)36(46)42-37(47)35-21-28-20-29(9-11-34(28)49-35)44-15-13-43(14-16-44)12-6-5-7-27-23-45(38(48)32(41)18-25(3)4)33-10-8-26(22-39)19-30(27)33/h8-11,19-21,23-25,31-32H,5-7,12-18,40-41H2,1-4H3,(H,42,46,47). The van der Waals surface area contributed by atoms with Gasteiger partial charge in [0.1, 0.15) is 5.58 Å². The summed E-state index contributed by atoms with van der Waals surface area (Å²) in [5, 5.41) is 13.6. The fourth-order valence-corrected chi connectivity index (χ4v) is 6.64. The zero-order valence-corrected chi connectivity index (χ0v) is 29.1. The number of imide groups is 1. The summed E-state index contributed by atoms with van der Waals surface area (Å²) in [5.41, 5.74) is 16.3. The summed E-state index contributed by atoms with van der Waals surface area (Å²) in [6.07, 6.45) is 5.82. The highest BCUT2D eigenvalue weighted by atomic mass is 16.3.